The SMILES string of the molecule is Cc1ccc(Oc2cc(C(F)(F)F)nc(Cl)n2)cc1F. The van der Waals surface area contributed by atoms with E-state index >= 15 is 0 Å². The number of aromatic nitrogens is 2. The average Bonchev–Trinajstić information content (AvgIpc) is 2.32. The second-order valence-corrected chi connectivity index (χ2v) is 4.21. The number of hydrogen-bond donors (Lipinski definition) is 0. The van der Waals surface area contributed by atoms with Gasteiger partial charge in [-0.2, -0.15) is 18.2 Å². The van der Waals surface area contributed by atoms with Crippen molar-refractivity contribution in [3.05, 3.63) is 46.6 Å². The Morgan fingerprint density at radius 3 is 2.45 bits per heavy atom. The Morgan fingerprint density at radius 2 is 1.85 bits per heavy atom. The lowest BCUT2D eigenvalue weighted by Crippen LogP contribution is -2.09. The second-order valence-electron chi connectivity index (χ2n) is 3.87. The molecule has 0 saturated carbocycles. The van der Waals surface area contributed by atoms with Crippen LogP contribution >= 0.6 is 11.6 Å². The molecular formula is C12H7ClF4N2O. The highest BCUT2D eigenvalue weighted by Gasteiger charge is 2.34. The molecule has 1 heterocycles. The largest absolute Gasteiger partial charge is 0.439 e. The summed E-state index contributed by atoms with van der Waals surface area (Å²) < 4.78 is 56.0. The number of hydrogen-bond acceptors (Lipinski definition) is 3. The first-order valence-corrected chi connectivity index (χ1v) is 5.69. The maximum absolute atomic E-state index is 13.3. The monoisotopic (exact) mass is 306 g/mol. The average molecular weight is 307 g/mol. The van der Waals surface area contributed by atoms with Crippen molar-refractivity contribution in [1.82, 2.24) is 9.97 Å². The topological polar surface area (TPSA) is 35.0 Å². The number of rotatable bonds is 2. The Bertz CT molecular complexity index is 646. The summed E-state index contributed by atoms with van der Waals surface area (Å²) in [6, 6.07) is 4.46. The molecule has 0 amide bonds. The van der Waals surface area contributed by atoms with Gasteiger partial charge in [-0.3, -0.25) is 0 Å². The Labute approximate surface area is 116 Å². The normalized spacial score (nSPS) is 11.5. The minimum atomic E-state index is -4.68. The number of nitrogens with zero attached hydrogens (tertiary/aromatic N) is 2. The molecule has 106 valence electrons. The molecule has 2 rings (SSSR count). The van der Waals surface area contributed by atoms with E-state index in [0.29, 0.717) is 11.6 Å². The van der Waals surface area contributed by atoms with Crippen LogP contribution in [0.25, 0.3) is 0 Å². The van der Waals surface area contributed by atoms with Crippen molar-refractivity contribution in [3.63, 3.8) is 0 Å². The highest BCUT2D eigenvalue weighted by atomic mass is 35.5. The molecular weight excluding hydrogens is 300 g/mol. The highest BCUT2D eigenvalue weighted by molar-refractivity contribution is 6.28. The molecule has 3 nitrogen and oxygen atoms in total. The maximum atomic E-state index is 13.3. The molecule has 0 aliphatic rings. The van der Waals surface area contributed by atoms with Crippen LogP contribution in [0.3, 0.4) is 0 Å². The molecule has 1 aromatic heterocycles. The molecule has 0 N–H and O–H groups in total. The van der Waals surface area contributed by atoms with Crippen LogP contribution in [0.15, 0.2) is 24.3 Å². The Morgan fingerprint density at radius 1 is 1.15 bits per heavy atom. The third-order valence-electron chi connectivity index (χ3n) is 2.33. The van der Waals surface area contributed by atoms with Gasteiger partial charge in [0.2, 0.25) is 11.2 Å². The van der Waals surface area contributed by atoms with Crippen LogP contribution in [-0.2, 0) is 6.18 Å². The van der Waals surface area contributed by atoms with Crippen molar-refractivity contribution in [1.29, 1.82) is 0 Å². The zero-order chi connectivity index (χ0) is 14.9. The fourth-order valence-corrected chi connectivity index (χ4v) is 1.53. The standard InChI is InChI=1S/C12H7ClF4N2O/c1-6-2-3-7(4-8(6)14)20-10-5-9(12(15,16)17)18-11(13)19-10/h2-5H,1H3. The van der Waals surface area contributed by atoms with Gasteiger partial charge in [0.05, 0.1) is 0 Å². The molecule has 0 unspecified atom stereocenters. The van der Waals surface area contributed by atoms with Crippen LogP contribution < -0.4 is 4.74 Å². The van der Waals surface area contributed by atoms with E-state index < -0.39 is 28.9 Å². The molecule has 0 spiro atoms. The third-order valence-corrected chi connectivity index (χ3v) is 2.50. The molecule has 2 aromatic rings. The van der Waals surface area contributed by atoms with Gasteiger partial charge in [-0.05, 0) is 30.2 Å². The number of aryl methyl sites for hydroxylation is 1. The van der Waals surface area contributed by atoms with Crippen molar-refractivity contribution in [2.75, 3.05) is 0 Å². The lowest BCUT2D eigenvalue weighted by Gasteiger charge is -2.09. The Kier molecular flexibility index (Phi) is 3.80. The zero-order valence-corrected chi connectivity index (χ0v) is 10.8. The minimum absolute atomic E-state index is 0.0102. The van der Waals surface area contributed by atoms with Crippen molar-refractivity contribution in [3.8, 4) is 11.6 Å². The molecule has 8 heteroatoms. The Balaban J connectivity index is 2.33. The summed E-state index contributed by atoms with van der Waals surface area (Å²) in [5.74, 6) is -0.949. The van der Waals surface area contributed by atoms with E-state index in [2.05, 4.69) is 9.97 Å². The number of ether oxygens (including phenoxy) is 1. The minimum Gasteiger partial charge on any atom is -0.439 e. The number of halogens is 5. The van der Waals surface area contributed by atoms with E-state index in [1.54, 1.807) is 6.92 Å². The summed E-state index contributed by atoms with van der Waals surface area (Å²) >= 11 is 5.40. The van der Waals surface area contributed by atoms with Gasteiger partial charge < -0.3 is 4.74 Å². The summed E-state index contributed by atoms with van der Waals surface area (Å²) in [4.78, 5) is 6.56. The van der Waals surface area contributed by atoms with Gasteiger partial charge in [0.1, 0.15) is 11.6 Å². The predicted molar refractivity (Wildman–Crippen MR) is 63.3 cm³/mol. The smallest absolute Gasteiger partial charge is 0.433 e. The molecule has 0 atom stereocenters. The molecule has 20 heavy (non-hydrogen) atoms. The van der Waals surface area contributed by atoms with Gasteiger partial charge in [0.25, 0.3) is 0 Å². The van der Waals surface area contributed by atoms with Gasteiger partial charge in [-0.15, -0.1) is 0 Å². The summed E-state index contributed by atoms with van der Waals surface area (Å²) in [5.41, 5.74) is -0.853. The fourth-order valence-electron chi connectivity index (χ4n) is 1.35. The quantitative estimate of drug-likeness (QED) is 0.610. The molecule has 0 aliphatic heterocycles. The molecule has 0 bridgehead atoms. The van der Waals surface area contributed by atoms with Crippen molar-refractivity contribution in [2.24, 2.45) is 0 Å². The van der Waals surface area contributed by atoms with Gasteiger partial charge >= 0.3 is 6.18 Å². The van der Waals surface area contributed by atoms with Crippen molar-refractivity contribution < 1.29 is 22.3 Å². The summed E-state index contributed by atoms with van der Waals surface area (Å²) in [7, 11) is 0. The summed E-state index contributed by atoms with van der Waals surface area (Å²) in [6.07, 6.45) is -4.68. The van der Waals surface area contributed by atoms with E-state index in [4.69, 9.17) is 16.3 Å². The zero-order valence-electron chi connectivity index (χ0n) is 10.0. The van der Waals surface area contributed by atoms with E-state index in [-0.39, 0.29) is 5.75 Å². The van der Waals surface area contributed by atoms with Gasteiger partial charge in [0.15, 0.2) is 5.69 Å². The van der Waals surface area contributed by atoms with Gasteiger partial charge in [-0.25, -0.2) is 9.37 Å². The summed E-state index contributed by atoms with van der Waals surface area (Å²) in [5, 5.41) is -0.609. The van der Waals surface area contributed by atoms with Gasteiger partial charge in [0, 0.05) is 12.1 Å². The van der Waals surface area contributed by atoms with Crippen molar-refractivity contribution in [2.45, 2.75) is 13.1 Å². The number of alkyl halides is 3. The fraction of sp³-hybridized carbons (Fsp3) is 0.167. The van der Waals surface area contributed by atoms with Crippen LogP contribution in [-0.4, -0.2) is 9.97 Å². The van der Waals surface area contributed by atoms with Crippen LogP contribution in [0.1, 0.15) is 11.3 Å². The second kappa shape index (κ2) is 5.24. The van der Waals surface area contributed by atoms with E-state index in [1.165, 1.54) is 12.1 Å². The molecule has 1 aromatic carbocycles. The molecule has 0 saturated heterocycles. The van der Waals surface area contributed by atoms with E-state index in [1.807, 2.05) is 0 Å². The summed E-state index contributed by atoms with van der Waals surface area (Å²) in [6.45, 7) is 1.54. The van der Waals surface area contributed by atoms with E-state index in [9.17, 15) is 17.6 Å². The first-order chi connectivity index (χ1) is 9.25. The Hall–Kier alpha value is -1.89. The predicted octanol–water partition coefficient (Wildman–Crippen LogP) is 4.39. The first kappa shape index (κ1) is 14.5. The third kappa shape index (κ3) is 3.36. The van der Waals surface area contributed by atoms with Crippen LogP contribution in [0.2, 0.25) is 5.28 Å². The molecule has 0 aliphatic carbocycles. The lowest BCUT2D eigenvalue weighted by molar-refractivity contribution is -0.141. The molecule has 0 fully saturated rings. The number of benzene rings is 1. The van der Waals surface area contributed by atoms with Gasteiger partial charge in [-0.1, -0.05) is 6.07 Å². The highest BCUT2D eigenvalue weighted by Crippen LogP contribution is 2.31. The maximum Gasteiger partial charge on any atom is 0.433 e. The first-order valence-electron chi connectivity index (χ1n) is 5.31. The van der Waals surface area contributed by atoms with Crippen LogP contribution in [0.4, 0.5) is 17.6 Å². The lowest BCUT2D eigenvalue weighted by atomic mass is 10.2. The van der Waals surface area contributed by atoms with E-state index in [0.717, 1.165) is 6.07 Å². The van der Waals surface area contributed by atoms with Crippen molar-refractivity contribution >= 4 is 11.6 Å². The van der Waals surface area contributed by atoms with Crippen LogP contribution in [0, 0.1) is 12.7 Å². The molecule has 0 radical (unpaired) electrons. The van der Waals surface area contributed by atoms with Crippen LogP contribution in [0.5, 0.6) is 11.6 Å².